The van der Waals surface area contributed by atoms with Crippen LogP contribution in [0.5, 0.6) is 0 Å². The number of halogens is 1. The van der Waals surface area contributed by atoms with Crippen molar-refractivity contribution in [2.45, 2.75) is 0 Å². The summed E-state index contributed by atoms with van der Waals surface area (Å²) >= 11 is 1.34. The third-order valence-electron chi connectivity index (χ3n) is 1.96. The molecule has 2 heterocycles. The highest BCUT2D eigenvalue weighted by Crippen LogP contribution is 2.17. The number of pyridine rings is 1. The van der Waals surface area contributed by atoms with Crippen LogP contribution in [0.15, 0.2) is 30.0 Å². The molecular formula is C10H8FN3OS. The molecule has 0 saturated carbocycles. The minimum Gasteiger partial charge on any atom is -0.287 e. The average molecular weight is 237 g/mol. The Hall–Kier alpha value is -1.82. The zero-order valence-corrected chi connectivity index (χ0v) is 9.24. The fraction of sp³-hybridized carbons (Fsp3) is 0.100. The summed E-state index contributed by atoms with van der Waals surface area (Å²) in [6.07, 6.45) is 3.99. The minimum absolute atomic E-state index is 0.206. The maximum atomic E-state index is 12.9. The van der Waals surface area contributed by atoms with Gasteiger partial charge in [0, 0.05) is 24.8 Å². The molecule has 0 unspecified atom stereocenters. The van der Waals surface area contributed by atoms with Gasteiger partial charge >= 0.3 is 0 Å². The number of thiazole rings is 1. The highest BCUT2D eigenvalue weighted by Gasteiger charge is 2.15. The summed E-state index contributed by atoms with van der Waals surface area (Å²) in [4.78, 5) is 20.9. The highest BCUT2D eigenvalue weighted by molar-refractivity contribution is 7.13. The highest BCUT2D eigenvalue weighted by atomic mass is 32.1. The smallest absolute Gasteiger partial charge is 0.261 e. The number of anilines is 1. The summed E-state index contributed by atoms with van der Waals surface area (Å²) in [5.41, 5.74) is 0.206. The maximum Gasteiger partial charge on any atom is 0.261 e. The van der Waals surface area contributed by atoms with Gasteiger partial charge in [0.25, 0.3) is 5.91 Å². The number of aromatic nitrogens is 2. The van der Waals surface area contributed by atoms with Gasteiger partial charge < -0.3 is 0 Å². The Morgan fingerprint density at radius 2 is 2.31 bits per heavy atom. The molecule has 2 aromatic heterocycles. The van der Waals surface area contributed by atoms with E-state index in [-0.39, 0.29) is 11.5 Å². The van der Waals surface area contributed by atoms with E-state index < -0.39 is 5.82 Å². The predicted molar refractivity (Wildman–Crippen MR) is 59.0 cm³/mol. The van der Waals surface area contributed by atoms with Crippen LogP contribution in [0.1, 0.15) is 10.4 Å². The molecule has 0 spiro atoms. The molecule has 0 aliphatic rings. The number of hydrogen-bond donors (Lipinski definition) is 0. The fourth-order valence-electron chi connectivity index (χ4n) is 1.19. The Bertz CT molecular complexity index is 501. The summed E-state index contributed by atoms with van der Waals surface area (Å²) in [7, 11) is 1.59. The van der Waals surface area contributed by atoms with Gasteiger partial charge in [-0.15, -0.1) is 11.3 Å². The van der Waals surface area contributed by atoms with Crippen molar-refractivity contribution in [3.05, 3.63) is 41.4 Å². The first-order valence-electron chi connectivity index (χ1n) is 4.46. The molecule has 0 aromatic carbocycles. The van der Waals surface area contributed by atoms with E-state index in [0.29, 0.717) is 5.13 Å². The van der Waals surface area contributed by atoms with E-state index in [4.69, 9.17) is 0 Å². The van der Waals surface area contributed by atoms with Gasteiger partial charge in [-0.1, -0.05) is 0 Å². The van der Waals surface area contributed by atoms with Gasteiger partial charge in [0.2, 0.25) is 0 Å². The summed E-state index contributed by atoms with van der Waals surface area (Å²) in [5, 5.41) is 2.33. The Balaban J connectivity index is 2.26. The molecule has 1 amide bonds. The van der Waals surface area contributed by atoms with Crippen molar-refractivity contribution in [3.8, 4) is 0 Å². The summed E-state index contributed by atoms with van der Waals surface area (Å²) in [6, 6.07) is 1.15. The second kappa shape index (κ2) is 4.36. The molecule has 0 N–H and O–H groups in total. The summed E-state index contributed by atoms with van der Waals surface area (Å²) in [5.74, 6) is -0.861. The molecule has 0 bridgehead atoms. The van der Waals surface area contributed by atoms with Crippen LogP contribution in [0.3, 0.4) is 0 Å². The average Bonchev–Trinajstić information content (AvgIpc) is 2.80. The van der Waals surface area contributed by atoms with Gasteiger partial charge in [-0.2, -0.15) is 0 Å². The fourth-order valence-corrected chi connectivity index (χ4v) is 1.80. The quantitative estimate of drug-likeness (QED) is 0.802. The maximum absolute atomic E-state index is 12.9. The molecule has 0 radical (unpaired) electrons. The van der Waals surface area contributed by atoms with E-state index in [1.54, 1.807) is 18.6 Å². The standard InChI is InChI=1S/C10H8FN3OS/c1-14(10-13-2-3-16-10)9(15)7-4-8(11)6-12-5-7/h2-6H,1H3. The molecule has 0 saturated heterocycles. The van der Waals surface area contributed by atoms with Crippen LogP contribution >= 0.6 is 11.3 Å². The first-order valence-corrected chi connectivity index (χ1v) is 5.34. The molecule has 6 heteroatoms. The summed E-state index contributed by atoms with van der Waals surface area (Å²) < 4.78 is 12.9. The Morgan fingerprint density at radius 1 is 1.50 bits per heavy atom. The molecule has 2 rings (SSSR count). The Labute approximate surface area is 95.4 Å². The van der Waals surface area contributed by atoms with Gasteiger partial charge in [0.1, 0.15) is 5.82 Å². The van der Waals surface area contributed by atoms with Crippen LogP contribution < -0.4 is 4.90 Å². The molecule has 16 heavy (non-hydrogen) atoms. The molecule has 0 aliphatic heterocycles. The summed E-state index contributed by atoms with van der Waals surface area (Å²) in [6.45, 7) is 0. The van der Waals surface area contributed by atoms with Crippen molar-refractivity contribution in [2.75, 3.05) is 11.9 Å². The van der Waals surface area contributed by atoms with Crippen molar-refractivity contribution in [1.29, 1.82) is 0 Å². The van der Waals surface area contributed by atoms with Gasteiger partial charge in [-0.25, -0.2) is 9.37 Å². The van der Waals surface area contributed by atoms with Gasteiger partial charge in [-0.3, -0.25) is 14.7 Å². The SMILES string of the molecule is CN(C(=O)c1cncc(F)c1)c1nccs1. The Morgan fingerprint density at radius 3 is 2.94 bits per heavy atom. The van der Waals surface area contributed by atoms with Crippen LogP contribution in [0.2, 0.25) is 0 Å². The topological polar surface area (TPSA) is 46.1 Å². The van der Waals surface area contributed by atoms with E-state index in [1.165, 1.54) is 22.4 Å². The lowest BCUT2D eigenvalue weighted by molar-refractivity contribution is 0.0992. The van der Waals surface area contributed by atoms with Crippen molar-refractivity contribution in [3.63, 3.8) is 0 Å². The van der Waals surface area contributed by atoms with E-state index in [9.17, 15) is 9.18 Å². The lowest BCUT2D eigenvalue weighted by Crippen LogP contribution is -2.26. The third kappa shape index (κ3) is 2.06. The molecule has 82 valence electrons. The number of carbonyl (C=O) groups is 1. The zero-order valence-electron chi connectivity index (χ0n) is 8.42. The number of hydrogen-bond acceptors (Lipinski definition) is 4. The number of carbonyl (C=O) groups excluding carboxylic acids is 1. The Kier molecular flexibility index (Phi) is 2.91. The number of rotatable bonds is 2. The molecule has 4 nitrogen and oxygen atoms in total. The lowest BCUT2D eigenvalue weighted by Gasteiger charge is -2.13. The predicted octanol–water partition coefficient (Wildman–Crippen LogP) is 1.95. The molecule has 0 aliphatic carbocycles. The molecule has 2 aromatic rings. The van der Waals surface area contributed by atoms with Crippen LogP contribution in [-0.2, 0) is 0 Å². The second-order valence-corrected chi connectivity index (χ2v) is 3.94. The monoisotopic (exact) mass is 237 g/mol. The number of amides is 1. The van der Waals surface area contributed by atoms with E-state index in [1.807, 2.05) is 0 Å². The van der Waals surface area contributed by atoms with Crippen molar-refractivity contribution < 1.29 is 9.18 Å². The zero-order chi connectivity index (χ0) is 11.5. The number of nitrogens with zero attached hydrogens (tertiary/aromatic N) is 3. The molecule has 0 atom stereocenters. The normalized spacial score (nSPS) is 10.1. The van der Waals surface area contributed by atoms with Crippen LogP contribution in [0, 0.1) is 5.82 Å². The minimum atomic E-state index is -0.529. The van der Waals surface area contributed by atoms with E-state index in [0.717, 1.165) is 12.3 Å². The first-order chi connectivity index (χ1) is 7.68. The van der Waals surface area contributed by atoms with Crippen LogP contribution in [0.4, 0.5) is 9.52 Å². The van der Waals surface area contributed by atoms with Gasteiger partial charge in [0.05, 0.1) is 11.8 Å². The molecular weight excluding hydrogens is 229 g/mol. The van der Waals surface area contributed by atoms with Gasteiger partial charge in [0.15, 0.2) is 5.13 Å². The molecule has 0 fully saturated rings. The van der Waals surface area contributed by atoms with Gasteiger partial charge in [-0.05, 0) is 6.07 Å². The van der Waals surface area contributed by atoms with Crippen molar-refractivity contribution in [1.82, 2.24) is 9.97 Å². The largest absolute Gasteiger partial charge is 0.287 e. The van der Waals surface area contributed by atoms with E-state index >= 15 is 0 Å². The van der Waals surface area contributed by atoms with Crippen LogP contribution in [0.25, 0.3) is 0 Å². The first kappa shape index (κ1) is 10.7. The van der Waals surface area contributed by atoms with E-state index in [2.05, 4.69) is 9.97 Å². The van der Waals surface area contributed by atoms with Crippen molar-refractivity contribution >= 4 is 22.4 Å². The second-order valence-electron chi connectivity index (χ2n) is 3.07. The van der Waals surface area contributed by atoms with Crippen molar-refractivity contribution in [2.24, 2.45) is 0 Å². The van der Waals surface area contributed by atoms with Crippen LogP contribution in [-0.4, -0.2) is 22.9 Å². The third-order valence-corrected chi connectivity index (χ3v) is 2.81. The lowest BCUT2D eigenvalue weighted by atomic mass is 10.2.